The molecular weight excluding hydrogens is 304 g/mol. The minimum absolute atomic E-state index is 0.544. The summed E-state index contributed by atoms with van der Waals surface area (Å²) in [6.45, 7) is 3.19. The number of hydrogen-bond acceptors (Lipinski definition) is 5. The molecule has 1 aliphatic heterocycles. The van der Waals surface area contributed by atoms with Gasteiger partial charge in [0.15, 0.2) is 0 Å². The van der Waals surface area contributed by atoms with E-state index in [4.69, 9.17) is 0 Å². The summed E-state index contributed by atoms with van der Waals surface area (Å²) in [5.41, 5.74) is 3.48. The Morgan fingerprint density at radius 3 is 2.83 bits per heavy atom. The van der Waals surface area contributed by atoms with Crippen LogP contribution in [0.5, 0.6) is 0 Å². The molecule has 0 aliphatic carbocycles. The highest BCUT2D eigenvalue weighted by Gasteiger charge is 2.20. The van der Waals surface area contributed by atoms with E-state index < -0.39 is 0 Å². The maximum absolute atomic E-state index is 4.42. The van der Waals surface area contributed by atoms with E-state index in [0.29, 0.717) is 6.04 Å². The molecule has 0 unspecified atom stereocenters. The second-order valence-electron chi connectivity index (χ2n) is 6.01. The van der Waals surface area contributed by atoms with Gasteiger partial charge in [-0.3, -0.25) is 14.9 Å². The predicted molar refractivity (Wildman–Crippen MR) is 95.8 cm³/mol. The van der Waals surface area contributed by atoms with Crippen LogP contribution in [0.1, 0.15) is 18.5 Å². The van der Waals surface area contributed by atoms with Crippen molar-refractivity contribution in [3.05, 3.63) is 53.8 Å². The maximum atomic E-state index is 4.42. The van der Waals surface area contributed by atoms with Crippen molar-refractivity contribution in [3.63, 3.8) is 0 Å². The van der Waals surface area contributed by atoms with Gasteiger partial charge in [-0.25, -0.2) is 0 Å². The quantitative estimate of drug-likeness (QED) is 0.793. The van der Waals surface area contributed by atoms with Crippen LogP contribution < -0.4 is 5.32 Å². The van der Waals surface area contributed by atoms with Gasteiger partial charge in [0.2, 0.25) is 0 Å². The van der Waals surface area contributed by atoms with Crippen molar-refractivity contribution < 1.29 is 0 Å². The van der Waals surface area contributed by atoms with Crippen molar-refractivity contribution in [2.24, 2.45) is 0 Å². The van der Waals surface area contributed by atoms with Crippen molar-refractivity contribution in [2.75, 3.05) is 18.4 Å². The van der Waals surface area contributed by atoms with E-state index in [9.17, 15) is 0 Å². The van der Waals surface area contributed by atoms with Crippen molar-refractivity contribution >= 4 is 27.2 Å². The predicted octanol–water partition coefficient (Wildman–Crippen LogP) is 3.77. The highest BCUT2D eigenvalue weighted by atomic mass is 32.1. The lowest BCUT2D eigenvalue weighted by molar-refractivity contribution is 0.209. The van der Waals surface area contributed by atoms with Gasteiger partial charge in [0, 0.05) is 38.1 Å². The lowest BCUT2D eigenvalue weighted by atomic mass is 10.0. The Morgan fingerprint density at radius 2 is 2.00 bits per heavy atom. The first kappa shape index (κ1) is 14.6. The topological polar surface area (TPSA) is 41.0 Å². The van der Waals surface area contributed by atoms with Crippen LogP contribution in [0.15, 0.2) is 48.1 Å². The summed E-state index contributed by atoms with van der Waals surface area (Å²) >= 11 is 1.76. The second-order valence-corrected chi connectivity index (χ2v) is 6.93. The first-order valence-corrected chi connectivity index (χ1v) is 8.97. The van der Waals surface area contributed by atoms with Crippen molar-refractivity contribution in [3.8, 4) is 0 Å². The van der Waals surface area contributed by atoms with Crippen LogP contribution in [0.25, 0.3) is 10.2 Å². The zero-order valence-corrected chi connectivity index (χ0v) is 13.8. The molecule has 1 aliphatic rings. The summed E-state index contributed by atoms with van der Waals surface area (Å²) in [7, 11) is 0. The lowest BCUT2D eigenvalue weighted by Crippen LogP contribution is -2.38. The highest BCUT2D eigenvalue weighted by Crippen LogP contribution is 2.28. The molecule has 23 heavy (non-hydrogen) atoms. The molecule has 4 heterocycles. The molecule has 1 saturated heterocycles. The number of nitrogens with one attached hydrogen (secondary N) is 1. The molecule has 0 saturated carbocycles. The van der Waals surface area contributed by atoms with Crippen molar-refractivity contribution in [1.82, 2.24) is 14.9 Å². The smallest absolute Gasteiger partial charge is 0.0830 e. The van der Waals surface area contributed by atoms with Gasteiger partial charge in [-0.05, 0) is 42.5 Å². The minimum atomic E-state index is 0.544. The van der Waals surface area contributed by atoms with Crippen LogP contribution in [-0.2, 0) is 6.54 Å². The number of piperidine rings is 1. The molecule has 3 aromatic rings. The van der Waals surface area contributed by atoms with Crippen LogP contribution in [0, 0.1) is 0 Å². The summed E-state index contributed by atoms with van der Waals surface area (Å²) < 4.78 is 1.27. The Labute approximate surface area is 140 Å². The SMILES string of the molecule is c1ccc(CN2CCC(Nc3ccnc4ccsc34)CC2)nc1. The number of fused-ring (bicyclic) bond motifs is 1. The van der Waals surface area contributed by atoms with E-state index in [1.165, 1.54) is 23.2 Å². The molecule has 1 fully saturated rings. The van der Waals surface area contributed by atoms with E-state index in [-0.39, 0.29) is 0 Å². The molecule has 5 heteroatoms. The fraction of sp³-hybridized carbons (Fsp3) is 0.333. The fourth-order valence-corrected chi connectivity index (χ4v) is 3.99. The van der Waals surface area contributed by atoms with Gasteiger partial charge in [-0.1, -0.05) is 6.07 Å². The van der Waals surface area contributed by atoms with Gasteiger partial charge < -0.3 is 5.32 Å². The molecule has 1 N–H and O–H groups in total. The molecular formula is C18H20N4S. The number of pyridine rings is 2. The largest absolute Gasteiger partial charge is 0.381 e. The molecule has 0 aromatic carbocycles. The molecule has 4 nitrogen and oxygen atoms in total. The molecule has 0 atom stereocenters. The van der Waals surface area contributed by atoms with E-state index in [0.717, 1.165) is 30.8 Å². The van der Waals surface area contributed by atoms with Crippen LogP contribution in [0.4, 0.5) is 5.69 Å². The van der Waals surface area contributed by atoms with Crippen molar-refractivity contribution in [1.29, 1.82) is 0 Å². The summed E-state index contributed by atoms with van der Waals surface area (Å²) in [6, 6.07) is 10.9. The fourth-order valence-electron chi connectivity index (χ4n) is 3.16. The average molecular weight is 324 g/mol. The number of nitrogens with zero attached hydrogens (tertiary/aromatic N) is 3. The Morgan fingerprint density at radius 1 is 1.09 bits per heavy atom. The van der Waals surface area contributed by atoms with E-state index in [1.807, 2.05) is 18.5 Å². The third-order valence-electron chi connectivity index (χ3n) is 4.40. The zero-order valence-electron chi connectivity index (χ0n) is 13.0. The first-order valence-electron chi connectivity index (χ1n) is 8.09. The number of anilines is 1. The molecule has 0 spiro atoms. The molecule has 118 valence electrons. The van der Waals surface area contributed by atoms with E-state index in [1.54, 1.807) is 11.3 Å². The molecule has 0 bridgehead atoms. The van der Waals surface area contributed by atoms with Gasteiger partial charge in [0.25, 0.3) is 0 Å². The summed E-state index contributed by atoms with van der Waals surface area (Å²) in [6.07, 6.45) is 6.11. The number of likely N-dealkylation sites (tertiary alicyclic amines) is 1. The van der Waals surface area contributed by atoms with Crippen LogP contribution in [-0.4, -0.2) is 34.0 Å². The third-order valence-corrected chi connectivity index (χ3v) is 5.34. The van der Waals surface area contributed by atoms with Crippen LogP contribution in [0.3, 0.4) is 0 Å². The van der Waals surface area contributed by atoms with Crippen LogP contribution in [0.2, 0.25) is 0 Å². The molecule has 4 rings (SSSR count). The standard InChI is InChI=1S/C18H20N4S/c1-2-8-19-15(3-1)13-22-10-5-14(6-11-22)21-17-4-9-20-16-7-12-23-18(16)17/h1-4,7-9,12,14H,5-6,10-11,13H2,(H,20,21). The van der Waals surface area contributed by atoms with Gasteiger partial charge in [0.05, 0.1) is 21.6 Å². The third kappa shape index (κ3) is 3.35. The Balaban J connectivity index is 1.36. The van der Waals surface area contributed by atoms with Gasteiger partial charge in [-0.15, -0.1) is 11.3 Å². The number of rotatable bonds is 4. The summed E-state index contributed by atoms with van der Waals surface area (Å²) in [4.78, 5) is 11.3. The average Bonchev–Trinajstić information content (AvgIpc) is 3.07. The summed E-state index contributed by atoms with van der Waals surface area (Å²) in [5, 5.41) is 5.83. The van der Waals surface area contributed by atoms with E-state index in [2.05, 4.69) is 49.8 Å². The monoisotopic (exact) mass is 324 g/mol. The van der Waals surface area contributed by atoms with Gasteiger partial charge in [-0.2, -0.15) is 0 Å². The maximum Gasteiger partial charge on any atom is 0.0830 e. The highest BCUT2D eigenvalue weighted by molar-refractivity contribution is 7.17. The number of thiophene rings is 1. The van der Waals surface area contributed by atoms with Gasteiger partial charge in [0.1, 0.15) is 0 Å². The number of aromatic nitrogens is 2. The van der Waals surface area contributed by atoms with E-state index >= 15 is 0 Å². The molecule has 0 radical (unpaired) electrons. The molecule has 3 aromatic heterocycles. The Bertz CT molecular complexity index is 763. The van der Waals surface area contributed by atoms with Gasteiger partial charge >= 0.3 is 0 Å². The summed E-state index contributed by atoms with van der Waals surface area (Å²) in [5.74, 6) is 0. The van der Waals surface area contributed by atoms with Crippen LogP contribution >= 0.6 is 11.3 Å². The normalized spacial score (nSPS) is 16.7. The first-order chi connectivity index (χ1) is 11.4. The lowest BCUT2D eigenvalue weighted by Gasteiger charge is -2.32. The second kappa shape index (κ2) is 6.64. The Kier molecular flexibility index (Phi) is 4.22. The zero-order chi connectivity index (χ0) is 15.5. The molecule has 0 amide bonds. The van der Waals surface area contributed by atoms with Crippen molar-refractivity contribution in [2.45, 2.75) is 25.4 Å². The Hall–Kier alpha value is -1.98. The number of hydrogen-bond donors (Lipinski definition) is 1. The minimum Gasteiger partial charge on any atom is -0.381 e.